The molecule has 0 amide bonds. The second-order valence-corrected chi connectivity index (χ2v) is 17.1. The number of hydrogen-bond donors (Lipinski definition) is 0. The minimum atomic E-state index is -0.153. The van der Waals surface area contributed by atoms with Crippen LogP contribution in [0.25, 0.3) is 122 Å². The molecule has 13 rings (SSSR count). The lowest BCUT2D eigenvalue weighted by Crippen LogP contribution is -2.15. The summed E-state index contributed by atoms with van der Waals surface area (Å²) in [6, 6.07) is 72.8. The Morgan fingerprint density at radius 1 is 0.237 bits per heavy atom. The van der Waals surface area contributed by atoms with E-state index in [4.69, 9.17) is 0 Å². The Morgan fingerprint density at radius 2 is 0.576 bits per heavy atom. The van der Waals surface area contributed by atoms with Crippen molar-refractivity contribution in [2.45, 2.75) is 19.3 Å². The first-order valence-corrected chi connectivity index (χ1v) is 20.8. The van der Waals surface area contributed by atoms with Crippen LogP contribution in [0.15, 0.2) is 194 Å². The normalized spacial score (nSPS) is 13.4. The van der Waals surface area contributed by atoms with E-state index in [1.54, 1.807) is 0 Å². The molecule has 0 bridgehead atoms. The lowest BCUT2D eigenvalue weighted by Gasteiger charge is -2.23. The number of benzene rings is 10. The van der Waals surface area contributed by atoms with Gasteiger partial charge in [0.1, 0.15) is 0 Å². The van der Waals surface area contributed by atoms with Crippen LogP contribution in [0.2, 0.25) is 0 Å². The fourth-order valence-corrected chi connectivity index (χ4v) is 11.1. The van der Waals surface area contributed by atoms with Crippen molar-refractivity contribution in [2.75, 3.05) is 0 Å². The van der Waals surface area contributed by atoms with Gasteiger partial charge in [-0.25, -0.2) is 0 Å². The molecule has 0 nitrogen and oxygen atoms in total. The molecule has 0 heterocycles. The van der Waals surface area contributed by atoms with Crippen LogP contribution in [0.4, 0.5) is 0 Å². The maximum absolute atomic E-state index is 2.53. The Balaban J connectivity index is 0.966. The van der Waals surface area contributed by atoms with Crippen molar-refractivity contribution < 1.29 is 0 Å². The van der Waals surface area contributed by atoms with Gasteiger partial charge in [-0.1, -0.05) is 184 Å². The Hall–Kier alpha value is -7.28. The van der Waals surface area contributed by atoms with Crippen LogP contribution in [0, 0.1) is 0 Å². The van der Waals surface area contributed by atoms with Crippen molar-refractivity contribution in [2.24, 2.45) is 0 Å². The summed E-state index contributed by atoms with van der Waals surface area (Å²) in [5.41, 5.74) is 26.3. The van der Waals surface area contributed by atoms with Gasteiger partial charge < -0.3 is 0 Å². The molecule has 0 heteroatoms. The summed E-state index contributed by atoms with van der Waals surface area (Å²) >= 11 is 0. The average molecular weight is 747 g/mol. The van der Waals surface area contributed by atoms with Gasteiger partial charge in [-0.05, 0) is 157 Å². The first-order valence-electron chi connectivity index (χ1n) is 20.8. The highest BCUT2D eigenvalue weighted by molar-refractivity contribution is 6.22. The second-order valence-electron chi connectivity index (χ2n) is 17.1. The molecule has 59 heavy (non-hydrogen) atoms. The SMILES string of the molecule is CC1(C)c2cc3c(cc2-c2cc4c(cc21)-c1cccc2c(-c5ccccc5-c5ccccc5)ccc-4c12)-c1ccc(-c2ccccc2-c2ccccc2)c2cccc-3c12. The summed E-state index contributed by atoms with van der Waals surface area (Å²) in [5, 5.41) is 5.36. The van der Waals surface area contributed by atoms with E-state index in [9.17, 15) is 0 Å². The van der Waals surface area contributed by atoms with Crippen LogP contribution in [-0.2, 0) is 5.41 Å². The number of rotatable bonds is 4. The van der Waals surface area contributed by atoms with E-state index in [2.05, 4.69) is 208 Å². The second kappa shape index (κ2) is 11.9. The lowest BCUT2D eigenvalue weighted by atomic mass is 9.80. The molecule has 0 radical (unpaired) electrons. The molecule has 0 fully saturated rings. The molecular formula is C59H38. The van der Waals surface area contributed by atoms with E-state index >= 15 is 0 Å². The molecule has 0 aliphatic heterocycles. The first-order chi connectivity index (χ1) is 29.0. The Bertz CT molecular complexity index is 3210. The van der Waals surface area contributed by atoms with Gasteiger partial charge in [0.05, 0.1) is 0 Å². The van der Waals surface area contributed by atoms with Crippen LogP contribution in [0.5, 0.6) is 0 Å². The molecule has 3 aliphatic rings. The molecule has 0 saturated carbocycles. The number of fused-ring (bicyclic) bond motifs is 9. The molecule has 274 valence electrons. The first kappa shape index (κ1) is 32.8. The maximum Gasteiger partial charge on any atom is 0.0159 e. The van der Waals surface area contributed by atoms with E-state index in [0.29, 0.717) is 0 Å². The Labute approximate surface area is 344 Å². The third kappa shape index (κ3) is 4.44. The highest BCUT2D eigenvalue weighted by Gasteiger charge is 2.40. The summed E-state index contributed by atoms with van der Waals surface area (Å²) in [6.45, 7) is 4.86. The van der Waals surface area contributed by atoms with Gasteiger partial charge in [0.25, 0.3) is 0 Å². The van der Waals surface area contributed by atoms with Gasteiger partial charge in [-0.2, -0.15) is 0 Å². The van der Waals surface area contributed by atoms with Gasteiger partial charge in [0, 0.05) is 5.41 Å². The molecule has 10 aromatic carbocycles. The minimum Gasteiger partial charge on any atom is -0.0622 e. The zero-order valence-corrected chi connectivity index (χ0v) is 33.0. The minimum absolute atomic E-state index is 0.153. The molecule has 0 unspecified atom stereocenters. The van der Waals surface area contributed by atoms with Crippen molar-refractivity contribution in [3.8, 4) is 100 Å². The van der Waals surface area contributed by atoms with Crippen LogP contribution < -0.4 is 0 Å². The molecule has 0 saturated heterocycles. The Kier molecular flexibility index (Phi) is 6.60. The molecular weight excluding hydrogens is 709 g/mol. The molecule has 0 atom stereocenters. The fraction of sp³-hybridized carbons (Fsp3) is 0.0508. The molecule has 10 aromatic rings. The topological polar surface area (TPSA) is 0 Å². The molecule has 0 spiro atoms. The van der Waals surface area contributed by atoms with Crippen molar-refractivity contribution in [1.29, 1.82) is 0 Å². The average Bonchev–Trinajstić information content (AvgIpc) is 3.87. The largest absolute Gasteiger partial charge is 0.0622 e. The fourth-order valence-electron chi connectivity index (χ4n) is 11.1. The van der Waals surface area contributed by atoms with Crippen LogP contribution in [-0.4, -0.2) is 0 Å². The summed E-state index contributed by atoms with van der Waals surface area (Å²) in [5.74, 6) is 0. The van der Waals surface area contributed by atoms with Crippen molar-refractivity contribution >= 4 is 21.5 Å². The standard InChI is InChI=1S/C59H38/c1-59(2)55-33-51-45-25-13-23-43-41(39-21-11-9-19-37(39)35-15-5-3-6-16-35)27-29-47(57(43)45)49(51)31-53(55)54-32-50-48-30-28-42(40-22-12-10-20-38(40)36-17-7-4-8-18-36)44-24-14-26-46(58(44)48)52(50)34-56(54)59/h3-34H,1-2H3. The predicted octanol–water partition coefficient (Wildman–Crippen LogP) is 16.3. The van der Waals surface area contributed by atoms with Gasteiger partial charge in [-0.15, -0.1) is 0 Å². The highest BCUT2D eigenvalue weighted by atomic mass is 14.4. The van der Waals surface area contributed by atoms with E-state index < -0.39 is 0 Å². The maximum atomic E-state index is 2.53. The smallest absolute Gasteiger partial charge is 0.0159 e. The molecule has 0 aromatic heterocycles. The Morgan fingerprint density at radius 3 is 1.02 bits per heavy atom. The molecule has 3 aliphatic carbocycles. The van der Waals surface area contributed by atoms with Crippen molar-refractivity contribution in [3.63, 3.8) is 0 Å². The quantitative estimate of drug-likeness (QED) is 0.168. The summed E-state index contributed by atoms with van der Waals surface area (Å²) < 4.78 is 0. The van der Waals surface area contributed by atoms with E-state index in [1.165, 1.54) is 133 Å². The van der Waals surface area contributed by atoms with E-state index in [-0.39, 0.29) is 5.41 Å². The van der Waals surface area contributed by atoms with Gasteiger partial charge in [-0.3, -0.25) is 0 Å². The van der Waals surface area contributed by atoms with Crippen molar-refractivity contribution in [1.82, 2.24) is 0 Å². The zero-order chi connectivity index (χ0) is 39.0. The summed E-state index contributed by atoms with van der Waals surface area (Å²) in [6.07, 6.45) is 0. The summed E-state index contributed by atoms with van der Waals surface area (Å²) in [4.78, 5) is 0. The van der Waals surface area contributed by atoms with Gasteiger partial charge in [0.2, 0.25) is 0 Å². The lowest BCUT2D eigenvalue weighted by molar-refractivity contribution is 0.661. The monoisotopic (exact) mass is 746 g/mol. The summed E-state index contributed by atoms with van der Waals surface area (Å²) in [7, 11) is 0. The zero-order valence-electron chi connectivity index (χ0n) is 33.0. The van der Waals surface area contributed by atoms with Crippen LogP contribution in [0.3, 0.4) is 0 Å². The van der Waals surface area contributed by atoms with Crippen LogP contribution >= 0.6 is 0 Å². The third-order valence-corrected chi connectivity index (χ3v) is 13.8. The van der Waals surface area contributed by atoms with Crippen LogP contribution in [0.1, 0.15) is 25.0 Å². The predicted molar refractivity (Wildman–Crippen MR) is 250 cm³/mol. The highest BCUT2D eigenvalue weighted by Crippen LogP contribution is 2.60. The van der Waals surface area contributed by atoms with E-state index in [1.807, 2.05) is 0 Å². The molecule has 0 N–H and O–H groups in total. The third-order valence-electron chi connectivity index (χ3n) is 13.8. The van der Waals surface area contributed by atoms with E-state index in [0.717, 1.165) is 0 Å². The van der Waals surface area contributed by atoms with Gasteiger partial charge >= 0.3 is 0 Å². The van der Waals surface area contributed by atoms with Crippen molar-refractivity contribution in [3.05, 3.63) is 205 Å². The van der Waals surface area contributed by atoms with Gasteiger partial charge in [0.15, 0.2) is 0 Å². The number of hydrogen-bond acceptors (Lipinski definition) is 0.